The fourth-order valence-electron chi connectivity index (χ4n) is 1.45. The topological polar surface area (TPSA) is 26.3 Å². The van der Waals surface area contributed by atoms with Crippen LogP contribution in [0.2, 0.25) is 0 Å². The van der Waals surface area contributed by atoms with Crippen molar-refractivity contribution in [3.8, 4) is 0 Å². The third kappa shape index (κ3) is 4.02. The van der Waals surface area contributed by atoms with E-state index in [1.165, 1.54) is 12.1 Å². The molecule has 0 saturated carbocycles. The number of halogens is 1. The highest BCUT2D eigenvalue weighted by molar-refractivity contribution is 5.88. The van der Waals surface area contributed by atoms with Gasteiger partial charge in [-0.2, -0.15) is 0 Å². The van der Waals surface area contributed by atoms with Crippen LogP contribution in [0.5, 0.6) is 0 Å². The van der Waals surface area contributed by atoms with Crippen LogP contribution in [0.4, 0.5) is 4.39 Å². The van der Waals surface area contributed by atoms with Gasteiger partial charge >= 0.3 is 5.97 Å². The highest BCUT2D eigenvalue weighted by atomic mass is 19.1. The van der Waals surface area contributed by atoms with Gasteiger partial charge in [0.25, 0.3) is 0 Å². The third-order valence-electron chi connectivity index (χ3n) is 2.60. The van der Waals surface area contributed by atoms with E-state index in [1.807, 2.05) is 6.92 Å². The van der Waals surface area contributed by atoms with Gasteiger partial charge in [-0.05, 0) is 44.9 Å². The van der Waals surface area contributed by atoms with Crippen LogP contribution < -0.4 is 0 Å². The predicted molar refractivity (Wildman–Crippen MR) is 65.1 cm³/mol. The van der Waals surface area contributed by atoms with Crippen molar-refractivity contribution in [2.24, 2.45) is 0 Å². The first-order valence-electron chi connectivity index (χ1n) is 5.62. The van der Waals surface area contributed by atoms with E-state index in [-0.39, 0.29) is 11.8 Å². The standard InChI is InChI=1S/C14H17FO2/c1-4-17-14(16)11(3)10(2)9-12-5-7-13(15)8-6-12/h5-8H,4,9H2,1-3H3/b11-10-. The first kappa shape index (κ1) is 13.4. The Hall–Kier alpha value is -1.64. The number of rotatable bonds is 4. The molecule has 0 amide bonds. The lowest BCUT2D eigenvalue weighted by Gasteiger charge is -2.07. The van der Waals surface area contributed by atoms with E-state index in [4.69, 9.17) is 4.74 Å². The average molecular weight is 236 g/mol. The van der Waals surface area contributed by atoms with E-state index < -0.39 is 0 Å². The molecule has 0 fully saturated rings. The summed E-state index contributed by atoms with van der Waals surface area (Å²) < 4.78 is 17.6. The molecule has 92 valence electrons. The summed E-state index contributed by atoms with van der Waals surface area (Å²) in [5, 5.41) is 0. The van der Waals surface area contributed by atoms with Gasteiger partial charge in [-0.25, -0.2) is 9.18 Å². The van der Waals surface area contributed by atoms with Crippen molar-refractivity contribution in [1.82, 2.24) is 0 Å². The molecule has 2 nitrogen and oxygen atoms in total. The molecule has 1 aromatic carbocycles. The second-order valence-electron chi connectivity index (χ2n) is 3.93. The molecule has 0 saturated heterocycles. The summed E-state index contributed by atoms with van der Waals surface area (Å²) in [6.45, 7) is 5.78. The van der Waals surface area contributed by atoms with Crippen molar-refractivity contribution in [2.45, 2.75) is 27.2 Å². The van der Waals surface area contributed by atoms with Crippen molar-refractivity contribution in [2.75, 3.05) is 6.61 Å². The Morgan fingerprint density at radius 2 is 1.82 bits per heavy atom. The summed E-state index contributed by atoms with van der Waals surface area (Å²) in [5.41, 5.74) is 2.54. The molecule has 0 unspecified atom stereocenters. The number of hydrogen-bond acceptors (Lipinski definition) is 2. The second kappa shape index (κ2) is 6.18. The Labute approximate surface area is 101 Å². The number of benzene rings is 1. The lowest BCUT2D eigenvalue weighted by molar-refractivity contribution is -0.138. The molecule has 1 aromatic rings. The van der Waals surface area contributed by atoms with Crippen LogP contribution in [0.1, 0.15) is 26.3 Å². The Kier molecular flexibility index (Phi) is 4.88. The molecule has 0 aromatic heterocycles. The Morgan fingerprint density at radius 3 is 2.35 bits per heavy atom. The largest absolute Gasteiger partial charge is 0.463 e. The van der Waals surface area contributed by atoms with Gasteiger partial charge in [0.1, 0.15) is 5.82 Å². The molecule has 17 heavy (non-hydrogen) atoms. The monoisotopic (exact) mass is 236 g/mol. The summed E-state index contributed by atoms with van der Waals surface area (Å²) in [6, 6.07) is 6.28. The van der Waals surface area contributed by atoms with Crippen LogP contribution in [0, 0.1) is 5.82 Å². The van der Waals surface area contributed by atoms with Crippen LogP contribution in [-0.4, -0.2) is 12.6 Å². The van der Waals surface area contributed by atoms with Crippen LogP contribution in [0.3, 0.4) is 0 Å². The van der Waals surface area contributed by atoms with Gasteiger partial charge in [0, 0.05) is 5.57 Å². The molecule has 0 aliphatic heterocycles. The quantitative estimate of drug-likeness (QED) is 0.592. The van der Waals surface area contributed by atoms with E-state index in [1.54, 1.807) is 26.0 Å². The number of hydrogen-bond donors (Lipinski definition) is 0. The van der Waals surface area contributed by atoms with Crippen LogP contribution in [-0.2, 0) is 16.0 Å². The van der Waals surface area contributed by atoms with Gasteiger partial charge in [-0.15, -0.1) is 0 Å². The number of esters is 1. The van der Waals surface area contributed by atoms with E-state index in [0.29, 0.717) is 18.6 Å². The Balaban J connectivity index is 2.76. The zero-order valence-corrected chi connectivity index (χ0v) is 10.4. The summed E-state index contributed by atoms with van der Waals surface area (Å²) in [4.78, 5) is 11.5. The smallest absolute Gasteiger partial charge is 0.333 e. The molecule has 0 aliphatic rings. The van der Waals surface area contributed by atoms with Crippen molar-refractivity contribution in [3.63, 3.8) is 0 Å². The minimum atomic E-state index is -0.285. The van der Waals surface area contributed by atoms with E-state index in [9.17, 15) is 9.18 Å². The molecule has 1 rings (SSSR count). The second-order valence-corrected chi connectivity index (χ2v) is 3.93. The van der Waals surface area contributed by atoms with Crippen LogP contribution >= 0.6 is 0 Å². The van der Waals surface area contributed by atoms with Gasteiger partial charge in [-0.1, -0.05) is 17.7 Å². The lowest BCUT2D eigenvalue weighted by atomic mass is 10.0. The first-order chi connectivity index (χ1) is 8.04. The van der Waals surface area contributed by atoms with E-state index >= 15 is 0 Å². The summed E-state index contributed by atoms with van der Waals surface area (Å²) in [7, 11) is 0. The molecular weight excluding hydrogens is 219 g/mol. The number of allylic oxidation sites excluding steroid dienone is 1. The molecule has 0 bridgehead atoms. The molecule has 0 aliphatic carbocycles. The van der Waals surface area contributed by atoms with Gasteiger partial charge in [0.05, 0.1) is 6.61 Å². The van der Waals surface area contributed by atoms with Crippen molar-refractivity contribution >= 4 is 5.97 Å². The number of carbonyl (C=O) groups excluding carboxylic acids is 1. The highest BCUT2D eigenvalue weighted by Crippen LogP contribution is 2.13. The van der Waals surface area contributed by atoms with Gasteiger partial charge < -0.3 is 4.74 Å². The molecular formula is C14H17FO2. The maximum absolute atomic E-state index is 12.7. The fraction of sp³-hybridized carbons (Fsp3) is 0.357. The lowest BCUT2D eigenvalue weighted by Crippen LogP contribution is -2.07. The Bertz CT molecular complexity index is 418. The molecule has 0 radical (unpaired) electrons. The third-order valence-corrected chi connectivity index (χ3v) is 2.60. The zero-order valence-electron chi connectivity index (χ0n) is 10.4. The normalized spacial score (nSPS) is 12.0. The maximum atomic E-state index is 12.7. The van der Waals surface area contributed by atoms with Gasteiger partial charge in [0.15, 0.2) is 0 Å². The SMILES string of the molecule is CCOC(=O)/C(C)=C(/C)Cc1ccc(F)cc1. The Morgan fingerprint density at radius 1 is 1.24 bits per heavy atom. The highest BCUT2D eigenvalue weighted by Gasteiger charge is 2.08. The van der Waals surface area contributed by atoms with Crippen molar-refractivity contribution < 1.29 is 13.9 Å². The molecule has 0 spiro atoms. The van der Waals surface area contributed by atoms with Crippen LogP contribution in [0.15, 0.2) is 35.4 Å². The minimum Gasteiger partial charge on any atom is -0.463 e. The zero-order chi connectivity index (χ0) is 12.8. The summed E-state index contributed by atoms with van der Waals surface area (Å²) >= 11 is 0. The number of ether oxygens (including phenoxy) is 1. The number of carbonyl (C=O) groups is 1. The molecule has 3 heteroatoms. The maximum Gasteiger partial charge on any atom is 0.333 e. The van der Waals surface area contributed by atoms with E-state index in [0.717, 1.165) is 11.1 Å². The van der Waals surface area contributed by atoms with Gasteiger partial charge in [0.2, 0.25) is 0 Å². The van der Waals surface area contributed by atoms with Crippen molar-refractivity contribution in [1.29, 1.82) is 0 Å². The summed E-state index contributed by atoms with van der Waals surface area (Å²) in [6.07, 6.45) is 0.630. The fourth-order valence-corrected chi connectivity index (χ4v) is 1.45. The summed E-state index contributed by atoms with van der Waals surface area (Å²) in [5.74, 6) is -0.537. The van der Waals surface area contributed by atoms with Crippen LogP contribution in [0.25, 0.3) is 0 Å². The minimum absolute atomic E-state index is 0.252. The molecule has 0 atom stereocenters. The molecule has 0 heterocycles. The molecule has 0 N–H and O–H groups in total. The first-order valence-corrected chi connectivity index (χ1v) is 5.62. The average Bonchev–Trinajstić information content (AvgIpc) is 2.31. The van der Waals surface area contributed by atoms with Gasteiger partial charge in [-0.3, -0.25) is 0 Å². The van der Waals surface area contributed by atoms with Crippen molar-refractivity contribution in [3.05, 3.63) is 46.8 Å². The predicted octanol–water partition coefficient (Wildman–Crippen LogP) is 3.27. The van der Waals surface area contributed by atoms with E-state index in [2.05, 4.69) is 0 Å².